The lowest BCUT2D eigenvalue weighted by molar-refractivity contribution is -0.133. The van der Waals surface area contributed by atoms with Crippen LogP contribution in [0.4, 0.5) is 0 Å². The second-order valence-electron chi connectivity index (χ2n) is 6.09. The van der Waals surface area contributed by atoms with Gasteiger partial charge in [0, 0.05) is 25.8 Å². The van der Waals surface area contributed by atoms with E-state index in [1.165, 1.54) is 0 Å². The van der Waals surface area contributed by atoms with E-state index in [4.69, 9.17) is 4.74 Å². The molecule has 0 saturated carbocycles. The number of carbonyl (C=O) groups is 1. The number of likely N-dealkylation sites (tertiary alicyclic amines) is 1. The molecular weight excluding hydrogens is 300 g/mol. The van der Waals surface area contributed by atoms with Crippen LogP contribution in [-0.4, -0.2) is 28.9 Å². The van der Waals surface area contributed by atoms with E-state index in [1.54, 1.807) is 6.20 Å². The summed E-state index contributed by atoms with van der Waals surface area (Å²) in [6.45, 7) is 3.52. The van der Waals surface area contributed by atoms with E-state index in [9.17, 15) is 4.79 Å². The average Bonchev–Trinajstić information content (AvgIpc) is 3.05. The number of ether oxygens (including phenoxy) is 1. The summed E-state index contributed by atoms with van der Waals surface area (Å²) in [5.41, 5.74) is 1.97. The smallest absolute Gasteiger partial charge is 0.223 e. The zero-order valence-electron chi connectivity index (χ0n) is 14.1. The Kier molecular flexibility index (Phi) is 5.59. The van der Waals surface area contributed by atoms with Crippen LogP contribution in [0.15, 0.2) is 54.7 Å². The van der Waals surface area contributed by atoms with Crippen LogP contribution in [0, 0.1) is 0 Å². The Balaban J connectivity index is 2.01. The van der Waals surface area contributed by atoms with Crippen molar-refractivity contribution >= 4 is 5.91 Å². The number of benzene rings is 1. The van der Waals surface area contributed by atoms with Gasteiger partial charge in [0.05, 0.1) is 5.69 Å². The van der Waals surface area contributed by atoms with Gasteiger partial charge in [-0.1, -0.05) is 43.3 Å². The summed E-state index contributed by atoms with van der Waals surface area (Å²) in [5, 5.41) is 0. The molecule has 0 unspecified atom stereocenters. The van der Waals surface area contributed by atoms with Gasteiger partial charge in [-0.05, 0) is 30.5 Å². The van der Waals surface area contributed by atoms with Crippen molar-refractivity contribution in [2.24, 2.45) is 0 Å². The van der Waals surface area contributed by atoms with Crippen LogP contribution in [0.1, 0.15) is 49.6 Å². The van der Waals surface area contributed by atoms with E-state index < -0.39 is 0 Å². The fraction of sp³-hybridized carbons (Fsp3) is 0.400. The van der Waals surface area contributed by atoms with E-state index in [1.807, 2.05) is 41.3 Å². The standard InChI is InChI=1S/C20H24N2O2/c1-2-15-24-20(16-9-4-3-5-10-16)19(17-11-6-7-13-21-17)22-14-8-12-18(22)23/h3-7,9-11,13,19-20H,2,8,12,14-15H2,1H3/t19-,20-/m0/s1. The van der Waals surface area contributed by atoms with Crippen molar-refractivity contribution in [1.82, 2.24) is 9.88 Å². The Labute approximate surface area is 143 Å². The molecule has 1 fully saturated rings. The molecule has 4 heteroatoms. The van der Waals surface area contributed by atoms with E-state index in [2.05, 4.69) is 24.0 Å². The molecule has 24 heavy (non-hydrogen) atoms. The third kappa shape index (κ3) is 3.65. The van der Waals surface area contributed by atoms with Gasteiger partial charge < -0.3 is 9.64 Å². The Morgan fingerprint density at radius 2 is 1.96 bits per heavy atom. The third-order valence-corrected chi connectivity index (χ3v) is 4.35. The van der Waals surface area contributed by atoms with Crippen molar-refractivity contribution < 1.29 is 9.53 Å². The van der Waals surface area contributed by atoms with Crippen LogP contribution in [0.25, 0.3) is 0 Å². The summed E-state index contributed by atoms with van der Waals surface area (Å²) in [5.74, 6) is 0.187. The lowest BCUT2D eigenvalue weighted by Crippen LogP contribution is -2.35. The maximum absolute atomic E-state index is 12.4. The third-order valence-electron chi connectivity index (χ3n) is 4.35. The number of aromatic nitrogens is 1. The van der Waals surface area contributed by atoms with Crippen molar-refractivity contribution in [3.63, 3.8) is 0 Å². The van der Waals surface area contributed by atoms with Crippen LogP contribution in [0.5, 0.6) is 0 Å². The molecule has 126 valence electrons. The van der Waals surface area contributed by atoms with Gasteiger partial charge in [-0.2, -0.15) is 0 Å². The molecule has 3 rings (SSSR count). The predicted molar refractivity (Wildman–Crippen MR) is 93.4 cm³/mol. The molecule has 4 nitrogen and oxygen atoms in total. The van der Waals surface area contributed by atoms with Gasteiger partial charge >= 0.3 is 0 Å². The molecule has 0 bridgehead atoms. The van der Waals surface area contributed by atoms with Crippen LogP contribution in [0.3, 0.4) is 0 Å². The zero-order chi connectivity index (χ0) is 16.8. The van der Waals surface area contributed by atoms with Crippen LogP contribution in [-0.2, 0) is 9.53 Å². The highest BCUT2D eigenvalue weighted by molar-refractivity contribution is 5.78. The monoisotopic (exact) mass is 324 g/mol. The van der Waals surface area contributed by atoms with E-state index in [-0.39, 0.29) is 18.1 Å². The van der Waals surface area contributed by atoms with Crippen molar-refractivity contribution in [3.05, 3.63) is 66.0 Å². The highest BCUT2D eigenvalue weighted by Gasteiger charge is 2.36. The topological polar surface area (TPSA) is 42.4 Å². The zero-order valence-corrected chi connectivity index (χ0v) is 14.1. The van der Waals surface area contributed by atoms with Gasteiger partial charge in [-0.25, -0.2) is 0 Å². The maximum atomic E-state index is 12.4. The van der Waals surface area contributed by atoms with E-state index in [0.29, 0.717) is 13.0 Å². The van der Waals surface area contributed by atoms with Gasteiger partial charge in [-0.3, -0.25) is 9.78 Å². The fourth-order valence-corrected chi connectivity index (χ4v) is 3.25. The van der Waals surface area contributed by atoms with Gasteiger partial charge in [0.25, 0.3) is 0 Å². The molecule has 0 aliphatic carbocycles. The molecule has 1 aliphatic rings. The molecule has 1 aliphatic heterocycles. The molecule has 2 heterocycles. The first-order valence-corrected chi connectivity index (χ1v) is 8.68. The van der Waals surface area contributed by atoms with Crippen molar-refractivity contribution in [2.45, 2.75) is 38.3 Å². The van der Waals surface area contributed by atoms with Crippen LogP contribution >= 0.6 is 0 Å². The molecule has 0 N–H and O–H groups in total. The Bertz CT molecular complexity index is 645. The summed E-state index contributed by atoms with van der Waals surface area (Å²) < 4.78 is 6.22. The largest absolute Gasteiger partial charge is 0.371 e. The van der Waals surface area contributed by atoms with Crippen LogP contribution < -0.4 is 0 Å². The van der Waals surface area contributed by atoms with E-state index >= 15 is 0 Å². The number of hydrogen-bond acceptors (Lipinski definition) is 3. The minimum Gasteiger partial charge on any atom is -0.371 e. The first kappa shape index (κ1) is 16.7. The highest BCUT2D eigenvalue weighted by atomic mass is 16.5. The summed E-state index contributed by atoms with van der Waals surface area (Å²) in [7, 11) is 0. The Morgan fingerprint density at radius 1 is 1.17 bits per heavy atom. The minimum absolute atomic E-state index is 0.185. The molecule has 1 aromatic carbocycles. The maximum Gasteiger partial charge on any atom is 0.223 e. The average molecular weight is 324 g/mol. The van der Waals surface area contributed by atoms with Gasteiger partial charge in [0.15, 0.2) is 0 Å². The lowest BCUT2D eigenvalue weighted by atomic mass is 9.97. The number of pyridine rings is 1. The molecule has 0 radical (unpaired) electrons. The Hall–Kier alpha value is -2.20. The molecular formula is C20H24N2O2. The number of nitrogens with zero attached hydrogens (tertiary/aromatic N) is 2. The second kappa shape index (κ2) is 8.06. The first-order chi connectivity index (χ1) is 11.8. The predicted octanol–water partition coefficient (Wildman–Crippen LogP) is 3.91. The quantitative estimate of drug-likeness (QED) is 0.775. The molecule has 0 spiro atoms. The minimum atomic E-state index is -0.205. The van der Waals surface area contributed by atoms with E-state index in [0.717, 1.165) is 30.6 Å². The summed E-state index contributed by atoms with van der Waals surface area (Å²) in [4.78, 5) is 18.9. The first-order valence-electron chi connectivity index (χ1n) is 8.68. The summed E-state index contributed by atoms with van der Waals surface area (Å²) in [6.07, 6.45) is 4.02. The molecule has 1 saturated heterocycles. The SMILES string of the molecule is CCCO[C@@H](c1ccccc1)[C@H](c1ccccn1)N1CCCC1=O. The lowest BCUT2D eigenvalue weighted by Gasteiger charge is -2.34. The summed E-state index contributed by atoms with van der Waals surface area (Å²) in [6, 6.07) is 15.8. The van der Waals surface area contributed by atoms with Gasteiger partial charge in [0.2, 0.25) is 5.91 Å². The number of rotatable bonds is 7. The van der Waals surface area contributed by atoms with Crippen LogP contribution in [0.2, 0.25) is 0 Å². The van der Waals surface area contributed by atoms with Crippen molar-refractivity contribution in [3.8, 4) is 0 Å². The molecule has 1 aromatic heterocycles. The van der Waals surface area contributed by atoms with Gasteiger partial charge in [0.1, 0.15) is 12.1 Å². The number of amides is 1. The molecule has 1 amide bonds. The highest BCUT2D eigenvalue weighted by Crippen LogP contribution is 2.38. The van der Waals surface area contributed by atoms with Crippen molar-refractivity contribution in [2.75, 3.05) is 13.2 Å². The number of hydrogen-bond donors (Lipinski definition) is 0. The Morgan fingerprint density at radius 3 is 2.58 bits per heavy atom. The molecule has 2 atom stereocenters. The summed E-state index contributed by atoms with van der Waals surface area (Å²) >= 11 is 0. The normalized spacial score (nSPS) is 17.0. The second-order valence-corrected chi connectivity index (χ2v) is 6.09. The number of carbonyl (C=O) groups excluding carboxylic acids is 1. The fourth-order valence-electron chi connectivity index (χ4n) is 3.25. The molecule has 2 aromatic rings. The van der Waals surface area contributed by atoms with Crippen molar-refractivity contribution in [1.29, 1.82) is 0 Å². The van der Waals surface area contributed by atoms with Gasteiger partial charge in [-0.15, -0.1) is 0 Å².